The van der Waals surface area contributed by atoms with Crippen molar-refractivity contribution >= 4 is 19.8 Å². The van der Waals surface area contributed by atoms with E-state index in [4.69, 9.17) is 18.5 Å². The van der Waals surface area contributed by atoms with Crippen LogP contribution in [-0.2, 0) is 32.7 Å². The molecule has 0 spiro atoms. The fourth-order valence-corrected chi connectivity index (χ4v) is 9.90. The van der Waals surface area contributed by atoms with E-state index in [2.05, 4.69) is 38.2 Å². The van der Waals surface area contributed by atoms with E-state index in [-0.39, 0.29) is 25.6 Å². The van der Waals surface area contributed by atoms with Crippen LogP contribution in [0.1, 0.15) is 309 Å². The quantitative estimate of drug-likeness (QED) is 0.0211. The zero-order chi connectivity index (χ0) is 52.7. The van der Waals surface area contributed by atoms with E-state index in [1.165, 1.54) is 212 Å². The third kappa shape index (κ3) is 57.8. The molecule has 0 saturated heterocycles. The SMILES string of the molecule is CCCC/C=C\C/C=C\CCCCCCCC(=O)OC(COC(=O)CCCCCCCCCCCCCCCCCCCCCCCCCCCCCCCCCCCC)COP(=O)(O)OCC[N+](C)(C)C. The first-order chi connectivity index (χ1) is 35.0. The molecule has 2 unspecified atom stereocenters. The summed E-state index contributed by atoms with van der Waals surface area (Å²) in [5, 5.41) is 0. The van der Waals surface area contributed by atoms with E-state index in [0.717, 1.165) is 64.2 Å². The van der Waals surface area contributed by atoms with E-state index >= 15 is 0 Å². The maximum absolute atomic E-state index is 12.8. The molecule has 426 valence electrons. The van der Waals surface area contributed by atoms with Gasteiger partial charge in [0.2, 0.25) is 0 Å². The molecule has 0 rings (SSSR count). The lowest BCUT2D eigenvalue weighted by atomic mass is 10.0. The van der Waals surface area contributed by atoms with Gasteiger partial charge in [0.1, 0.15) is 19.8 Å². The van der Waals surface area contributed by atoms with Gasteiger partial charge in [0.05, 0.1) is 27.7 Å². The Morgan fingerprint density at radius 3 is 1.14 bits per heavy atom. The zero-order valence-corrected chi connectivity index (χ0v) is 49.3. The molecule has 9 nitrogen and oxygen atoms in total. The smallest absolute Gasteiger partial charge is 0.462 e. The van der Waals surface area contributed by atoms with Gasteiger partial charge in [0, 0.05) is 12.8 Å². The van der Waals surface area contributed by atoms with Crippen molar-refractivity contribution in [3.05, 3.63) is 24.3 Å². The van der Waals surface area contributed by atoms with Gasteiger partial charge in [-0.2, -0.15) is 0 Å². The van der Waals surface area contributed by atoms with Crippen LogP contribution in [0.15, 0.2) is 24.3 Å². The highest BCUT2D eigenvalue weighted by Crippen LogP contribution is 2.43. The summed E-state index contributed by atoms with van der Waals surface area (Å²) < 4.78 is 34.5. The number of carbonyl (C=O) groups excluding carboxylic acids is 2. The molecule has 0 aromatic heterocycles. The van der Waals surface area contributed by atoms with Crippen molar-refractivity contribution in [2.45, 2.75) is 315 Å². The van der Waals surface area contributed by atoms with Crippen LogP contribution in [0.2, 0.25) is 0 Å². The lowest BCUT2D eigenvalue weighted by molar-refractivity contribution is -0.870. The van der Waals surface area contributed by atoms with Crippen LogP contribution in [0.5, 0.6) is 0 Å². The first-order valence-corrected chi connectivity index (χ1v) is 32.6. The van der Waals surface area contributed by atoms with Gasteiger partial charge in [0.25, 0.3) is 0 Å². The van der Waals surface area contributed by atoms with Crippen LogP contribution >= 0.6 is 7.82 Å². The van der Waals surface area contributed by atoms with Crippen molar-refractivity contribution in [2.75, 3.05) is 47.5 Å². The number of carbonyl (C=O) groups is 2. The minimum Gasteiger partial charge on any atom is -0.462 e. The second kappa shape index (κ2) is 54.3. The minimum atomic E-state index is -4.38. The summed E-state index contributed by atoms with van der Waals surface area (Å²) in [5.74, 6) is -0.800. The van der Waals surface area contributed by atoms with Gasteiger partial charge in [-0.15, -0.1) is 0 Å². The van der Waals surface area contributed by atoms with Crippen molar-refractivity contribution in [3.8, 4) is 0 Å². The molecular formula is C62H121NO8P+. The number of hydrogen-bond donors (Lipinski definition) is 1. The zero-order valence-electron chi connectivity index (χ0n) is 48.4. The second-order valence-electron chi connectivity index (χ2n) is 22.5. The topological polar surface area (TPSA) is 108 Å². The summed E-state index contributed by atoms with van der Waals surface area (Å²) in [5.41, 5.74) is 0. The van der Waals surface area contributed by atoms with Crippen molar-refractivity contribution < 1.29 is 42.1 Å². The molecule has 10 heteroatoms. The Kier molecular flexibility index (Phi) is 53.1. The van der Waals surface area contributed by atoms with Crippen molar-refractivity contribution in [1.29, 1.82) is 0 Å². The molecule has 0 amide bonds. The summed E-state index contributed by atoms with van der Waals surface area (Å²) in [6.07, 6.45) is 65.7. The van der Waals surface area contributed by atoms with Gasteiger partial charge in [-0.25, -0.2) is 4.57 Å². The number of nitrogens with zero attached hydrogens (tertiary/aromatic N) is 1. The Hall–Kier alpha value is -1.51. The van der Waals surface area contributed by atoms with Gasteiger partial charge >= 0.3 is 19.8 Å². The highest BCUT2D eigenvalue weighted by molar-refractivity contribution is 7.47. The molecule has 2 atom stereocenters. The number of likely N-dealkylation sites (N-methyl/N-ethyl adjacent to an activating group) is 1. The predicted octanol–water partition coefficient (Wildman–Crippen LogP) is 19.4. The first-order valence-electron chi connectivity index (χ1n) is 31.1. The summed E-state index contributed by atoms with van der Waals surface area (Å²) in [6, 6.07) is 0. The molecule has 0 bridgehead atoms. The number of ether oxygens (including phenoxy) is 2. The van der Waals surface area contributed by atoms with Crippen molar-refractivity contribution in [1.82, 2.24) is 0 Å². The molecule has 0 fully saturated rings. The standard InChI is InChI=1S/C62H120NO8P/c1-6-8-10-12-14-16-18-20-22-23-24-25-26-27-28-29-30-31-32-33-34-35-36-37-38-39-40-41-43-44-46-48-50-52-54-61(64)68-58-60(59-70-72(66,67)69-57-56-63(3,4)5)71-62(65)55-53-51-49-47-45-42-21-19-17-15-13-11-9-7-2/h13,15,19,21,60H,6-12,14,16-18,20,22-59H2,1-5H3/p+1/b15-13-,21-19-. The average molecular weight is 1040 g/mol. The van der Waals surface area contributed by atoms with Crippen LogP contribution in [0.4, 0.5) is 0 Å². The predicted molar refractivity (Wildman–Crippen MR) is 307 cm³/mol. The highest BCUT2D eigenvalue weighted by atomic mass is 31.2. The Morgan fingerprint density at radius 1 is 0.431 bits per heavy atom. The second-order valence-corrected chi connectivity index (χ2v) is 23.9. The molecule has 0 aliphatic carbocycles. The minimum absolute atomic E-state index is 0.0310. The molecule has 72 heavy (non-hydrogen) atoms. The summed E-state index contributed by atoms with van der Waals surface area (Å²) in [6.45, 7) is 4.42. The van der Waals surface area contributed by atoms with E-state index in [9.17, 15) is 19.0 Å². The monoisotopic (exact) mass is 1040 g/mol. The number of phosphoric ester groups is 1. The van der Waals surface area contributed by atoms with Gasteiger partial charge in [0.15, 0.2) is 6.10 Å². The van der Waals surface area contributed by atoms with Crippen LogP contribution in [0.25, 0.3) is 0 Å². The molecule has 0 heterocycles. The molecule has 1 N–H and O–H groups in total. The number of phosphoric acid groups is 1. The summed E-state index contributed by atoms with van der Waals surface area (Å²) >= 11 is 0. The number of allylic oxidation sites excluding steroid dienone is 4. The number of hydrogen-bond acceptors (Lipinski definition) is 7. The number of unbranched alkanes of at least 4 members (excludes halogenated alkanes) is 40. The van der Waals surface area contributed by atoms with Crippen molar-refractivity contribution in [3.63, 3.8) is 0 Å². The van der Waals surface area contributed by atoms with Gasteiger partial charge < -0.3 is 18.9 Å². The lowest BCUT2D eigenvalue weighted by Crippen LogP contribution is -2.37. The fraction of sp³-hybridized carbons (Fsp3) is 0.903. The molecule has 0 saturated carbocycles. The van der Waals surface area contributed by atoms with E-state index in [1.807, 2.05) is 21.1 Å². The summed E-state index contributed by atoms with van der Waals surface area (Å²) in [7, 11) is 1.48. The van der Waals surface area contributed by atoms with Crippen molar-refractivity contribution in [2.24, 2.45) is 0 Å². The maximum Gasteiger partial charge on any atom is 0.472 e. The number of esters is 2. The highest BCUT2D eigenvalue weighted by Gasteiger charge is 2.27. The Morgan fingerprint density at radius 2 is 0.764 bits per heavy atom. The normalized spacial score (nSPS) is 13.4. The Labute approximate surface area is 447 Å². The molecule has 0 aromatic carbocycles. The van der Waals surface area contributed by atoms with E-state index in [0.29, 0.717) is 23.9 Å². The number of rotatable bonds is 58. The largest absolute Gasteiger partial charge is 0.472 e. The molecule has 0 aromatic rings. The van der Waals surface area contributed by atoms with Gasteiger partial charge in [-0.05, 0) is 38.5 Å². The van der Waals surface area contributed by atoms with Gasteiger partial charge in [-0.3, -0.25) is 18.6 Å². The van der Waals surface area contributed by atoms with Crippen LogP contribution in [0.3, 0.4) is 0 Å². The van der Waals surface area contributed by atoms with E-state index in [1.54, 1.807) is 0 Å². The first kappa shape index (κ1) is 70.5. The Bertz CT molecular complexity index is 1270. The number of quaternary nitrogens is 1. The van der Waals surface area contributed by atoms with E-state index < -0.39 is 26.5 Å². The third-order valence-electron chi connectivity index (χ3n) is 14.0. The lowest BCUT2D eigenvalue weighted by Gasteiger charge is -2.24. The van der Waals surface area contributed by atoms with Crippen LogP contribution in [0, 0.1) is 0 Å². The third-order valence-corrected chi connectivity index (χ3v) is 15.0. The average Bonchev–Trinajstić information content (AvgIpc) is 3.34. The molecule has 0 radical (unpaired) electrons. The molecule has 0 aliphatic heterocycles. The maximum atomic E-state index is 12.8. The molecule has 0 aliphatic rings. The fourth-order valence-electron chi connectivity index (χ4n) is 9.15. The molecular weight excluding hydrogens is 918 g/mol. The van der Waals surface area contributed by atoms with Gasteiger partial charge in [-0.1, -0.05) is 282 Å². The van der Waals surface area contributed by atoms with Crippen LogP contribution in [-0.4, -0.2) is 74.9 Å². The Balaban J connectivity index is 3.91. The summed E-state index contributed by atoms with van der Waals surface area (Å²) in [4.78, 5) is 35.6. The van der Waals surface area contributed by atoms with Crippen LogP contribution < -0.4 is 0 Å².